The number of aryl methyl sites for hydroxylation is 1. The van der Waals surface area contributed by atoms with E-state index in [2.05, 4.69) is 4.72 Å². The Morgan fingerprint density at radius 1 is 1.17 bits per heavy atom. The van der Waals surface area contributed by atoms with E-state index < -0.39 is 10.0 Å². The topological polar surface area (TPSA) is 75.7 Å². The Morgan fingerprint density at radius 2 is 1.91 bits per heavy atom. The van der Waals surface area contributed by atoms with Gasteiger partial charge in [0.05, 0.1) is 6.61 Å². The number of thiophene rings is 1. The largest absolute Gasteiger partial charge is 0.370 e. The number of nitrogens with zero attached hydrogens (tertiary/aromatic N) is 1. The number of anilines is 2. The van der Waals surface area contributed by atoms with Crippen LogP contribution >= 0.6 is 11.3 Å². The van der Waals surface area contributed by atoms with Gasteiger partial charge < -0.3 is 9.64 Å². The predicted octanol–water partition coefficient (Wildman–Crippen LogP) is 2.22. The quantitative estimate of drug-likeness (QED) is 0.915. The monoisotopic (exact) mass is 352 g/mol. The third kappa shape index (κ3) is 3.54. The number of carbonyl (C=O) groups excluding carboxylic acids is 1. The van der Waals surface area contributed by atoms with E-state index in [1.54, 1.807) is 41.3 Å². The Hall–Kier alpha value is -1.90. The molecule has 0 unspecified atom stereocenters. The summed E-state index contributed by atoms with van der Waals surface area (Å²) < 4.78 is 32.5. The van der Waals surface area contributed by atoms with E-state index in [1.807, 2.05) is 6.92 Å². The average molecular weight is 352 g/mol. The van der Waals surface area contributed by atoms with E-state index in [0.717, 1.165) is 10.6 Å². The van der Waals surface area contributed by atoms with Crippen LogP contribution in [0.15, 0.2) is 40.6 Å². The summed E-state index contributed by atoms with van der Waals surface area (Å²) in [6.45, 7) is 2.93. The second-order valence-electron chi connectivity index (χ2n) is 5.12. The molecule has 1 aromatic heterocycles. The summed E-state index contributed by atoms with van der Waals surface area (Å²) in [5, 5.41) is 0. The minimum atomic E-state index is -3.57. The summed E-state index contributed by atoms with van der Waals surface area (Å²) in [5.41, 5.74) is 1.19. The zero-order valence-corrected chi connectivity index (χ0v) is 14.1. The van der Waals surface area contributed by atoms with Gasteiger partial charge in [0.1, 0.15) is 10.8 Å². The normalized spacial score (nSPS) is 15.7. The summed E-state index contributed by atoms with van der Waals surface area (Å²) in [5.74, 6) is -0.0985. The molecule has 6 nitrogen and oxygen atoms in total. The molecule has 3 rings (SSSR count). The van der Waals surface area contributed by atoms with Crippen molar-refractivity contribution in [3.63, 3.8) is 0 Å². The number of amides is 1. The lowest BCUT2D eigenvalue weighted by atomic mass is 10.2. The van der Waals surface area contributed by atoms with E-state index in [4.69, 9.17) is 4.74 Å². The second kappa shape index (κ2) is 6.31. The maximum absolute atomic E-state index is 12.3. The molecule has 0 spiro atoms. The van der Waals surface area contributed by atoms with Gasteiger partial charge in [0.2, 0.25) is 0 Å². The van der Waals surface area contributed by atoms with Crippen LogP contribution in [-0.4, -0.2) is 34.1 Å². The molecule has 1 saturated heterocycles. The lowest BCUT2D eigenvalue weighted by molar-refractivity contribution is -0.125. The molecule has 1 N–H and O–H groups in total. The average Bonchev–Trinajstić information content (AvgIpc) is 2.96. The highest BCUT2D eigenvalue weighted by molar-refractivity contribution is 7.94. The highest BCUT2D eigenvalue weighted by Gasteiger charge is 2.20. The first-order valence-corrected chi connectivity index (χ1v) is 9.33. The van der Waals surface area contributed by atoms with Crippen molar-refractivity contribution in [1.29, 1.82) is 0 Å². The van der Waals surface area contributed by atoms with Crippen LogP contribution in [0.25, 0.3) is 0 Å². The van der Waals surface area contributed by atoms with Gasteiger partial charge in [-0.25, -0.2) is 8.42 Å². The van der Waals surface area contributed by atoms with Crippen LogP contribution in [0.2, 0.25) is 0 Å². The van der Waals surface area contributed by atoms with Crippen LogP contribution in [0.1, 0.15) is 4.88 Å². The molecule has 1 aliphatic rings. The van der Waals surface area contributed by atoms with Crippen LogP contribution in [0.4, 0.5) is 11.4 Å². The third-order valence-electron chi connectivity index (χ3n) is 3.40. The smallest absolute Gasteiger partial charge is 0.271 e. The summed E-state index contributed by atoms with van der Waals surface area (Å²) in [6.07, 6.45) is 0. The molecule has 1 fully saturated rings. The van der Waals surface area contributed by atoms with Crippen LogP contribution in [0.3, 0.4) is 0 Å². The van der Waals surface area contributed by atoms with Gasteiger partial charge in [0, 0.05) is 22.8 Å². The molecule has 2 aromatic rings. The van der Waals surface area contributed by atoms with E-state index in [9.17, 15) is 13.2 Å². The fourth-order valence-corrected chi connectivity index (χ4v) is 4.60. The van der Waals surface area contributed by atoms with Gasteiger partial charge in [0.25, 0.3) is 15.9 Å². The zero-order valence-electron chi connectivity index (χ0n) is 12.5. The highest BCUT2D eigenvalue weighted by Crippen LogP contribution is 2.25. The Morgan fingerprint density at radius 3 is 2.52 bits per heavy atom. The van der Waals surface area contributed by atoms with Gasteiger partial charge in [-0.2, -0.15) is 0 Å². The van der Waals surface area contributed by atoms with Crippen molar-refractivity contribution in [1.82, 2.24) is 0 Å². The van der Waals surface area contributed by atoms with E-state index >= 15 is 0 Å². The molecule has 2 heterocycles. The molecule has 0 bridgehead atoms. The van der Waals surface area contributed by atoms with Gasteiger partial charge in [0.15, 0.2) is 0 Å². The van der Waals surface area contributed by atoms with Gasteiger partial charge in [-0.15, -0.1) is 11.3 Å². The van der Waals surface area contributed by atoms with Crippen molar-refractivity contribution < 1.29 is 17.9 Å². The molecule has 122 valence electrons. The number of sulfonamides is 1. The van der Waals surface area contributed by atoms with Crippen LogP contribution < -0.4 is 9.62 Å². The molecule has 1 aliphatic heterocycles. The molecule has 0 atom stereocenters. The fourth-order valence-electron chi connectivity index (χ4n) is 2.26. The highest BCUT2D eigenvalue weighted by atomic mass is 32.2. The summed E-state index contributed by atoms with van der Waals surface area (Å²) >= 11 is 1.22. The lowest BCUT2D eigenvalue weighted by Gasteiger charge is -2.26. The first-order chi connectivity index (χ1) is 11.0. The fraction of sp³-hybridized carbons (Fsp3) is 0.267. The van der Waals surface area contributed by atoms with Crippen LogP contribution in [-0.2, 0) is 19.6 Å². The predicted molar refractivity (Wildman–Crippen MR) is 89.5 cm³/mol. The Bertz CT molecular complexity index is 812. The number of benzene rings is 1. The van der Waals surface area contributed by atoms with E-state index in [1.165, 1.54) is 11.3 Å². The Kier molecular flexibility index (Phi) is 4.38. The van der Waals surface area contributed by atoms with Gasteiger partial charge in [-0.3, -0.25) is 9.52 Å². The maximum Gasteiger partial charge on any atom is 0.271 e. The Balaban J connectivity index is 1.76. The zero-order chi connectivity index (χ0) is 16.4. The summed E-state index contributed by atoms with van der Waals surface area (Å²) in [7, 11) is -3.57. The summed E-state index contributed by atoms with van der Waals surface area (Å²) in [6, 6.07) is 10.1. The molecule has 0 aliphatic carbocycles. The number of rotatable bonds is 4. The number of ether oxygens (including phenoxy) is 1. The minimum Gasteiger partial charge on any atom is -0.370 e. The summed E-state index contributed by atoms with van der Waals surface area (Å²) in [4.78, 5) is 14.4. The molecule has 1 amide bonds. The first-order valence-electron chi connectivity index (χ1n) is 7.03. The minimum absolute atomic E-state index is 0.0755. The molecular formula is C15H16N2O4S2. The van der Waals surface area contributed by atoms with Crippen molar-refractivity contribution in [3.05, 3.63) is 41.3 Å². The number of nitrogens with one attached hydrogen (secondary N) is 1. The van der Waals surface area contributed by atoms with Crippen molar-refractivity contribution in [2.45, 2.75) is 11.1 Å². The van der Waals surface area contributed by atoms with E-state index in [0.29, 0.717) is 18.8 Å². The molecular weight excluding hydrogens is 336 g/mol. The SMILES string of the molecule is Cc1ccc(S(=O)(=O)Nc2ccc(N3CCOCC3=O)cc2)s1. The molecule has 0 radical (unpaired) electrons. The van der Waals surface area contributed by atoms with Gasteiger partial charge >= 0.3 is 0 Å². The van der Waals surface area contributed by atoms with Crippen molar-refractivity contribution in [2.24, 2.45) is 0 Å². The molecule has 1 aromatic carbocycles. The number of carbonyl (C=O) groups is 1. The number of hydrogen-bond donors (Lipinski definition) is 1. The van der Waals surface area contributed by atoms with Crippen molar-refractivity contribution >= 4 is 38.6 Å². The Labute approximate surface area is 138 Å². The second-order valence-corrected chi connectivity index (χ2v) is 8.31. The van der Waals surface area contributed by atoms with Crippen LogP contribution in [0, 0.1) is 6.92 Å². The molecule has 8 heteroatoms. The lowest BCUT2D eigenvalue weighted by Crippen LogP contribution is -2.41. The molecule has 23 heavy (non-hydrogen) atoms. The first kappa shape index (κ1) is 16.0. The van der Waals surface area contributed by atoms with E-state index in [-0.39, 0.29) is 16.7 Å². The number of morpholine rings is 1. The molecule has 0 saturated carbocycles. The van der Waals surface area contributed by atoms with Crippen LogP contribution in [0.5, 0.6) is 0 Å². The van der Waals surface area contributed by atoms with Gasteiger partial charge in [-0.1, -0.05) is 0 Å². The van der Waals surface area contributed by atoms with Gasteiger partial charge in [-0.05, 0) is 43.3 Å². The maximum atomic E-state index is 12.3. The van der Waals surface area contributed by atoms with Crippen molar-refractivity contribution in [3.8, 4) is 0 Å². The number of hydrogen-bond acceptors (Lipinski definition) is 5. The standard InChI is InChI=1S/C15H16N2O4S2/c1-11-2-7-15(22-11)23(19,20)16-12-3-5-13(6-4-12)17-8-9-21-10-14(17)18/h2-7,16H,8-10H2,1H3. The van der Waals surface area contributed by atoms with Crippen molar-refractivity contribution in [2.75, 3.05) is 29.4 Å². The third-order valence-corrected chi connectivity index (χ3v) is 6.27.